The van der Waals surface area contributed by atoms with E-state index in [1.165, 1.54) is 0 Å². The van der Waals surface area contributed by atoms with Gasteiger partial charge in [0.15, 0.2) is 0 Å². The molecule has 24 heavy (non-hydrogen) atoms. The predicted octanol–water partition coefficient (Wildman–Crippen LogP) is 3.88. The fourth-order valence-corrected chi connectivity index (χ4v) is 4.22. The summed E-state index contributed by atoms with van der Waals surface area (Å²) >= 11 is 0. The molecule has 0 aliphatic carbocycles. The molecule has 0 fully saturated rings. The summed E-state index contributed by atoms with van der Waals surface area (Å²) in [5.74, 6) is 0.788. The maximum atomic E-state index is 12.5. The van der Waals surface area contributed by atoms with Crippen LogP contribution >= 0.6 is 0 Å². The van der Waals surface area contributed by atoms with Crippen molar-refractivity contribution < 1.29 is 13.2 Å². The van der Waals surface area contributed by atoms with E-state index in [1.54, 1.807) is 7.11 Å². The monoisotopic (exact) mass is 347 g/mol. The zero-order chi connectivity index (χ0) is 17.7. The van der Waals surface area contributed by atoms with Crippen molar-refractivity contribution >= 4 is 10.0 Å². The van der Waals surface area contributed by atoms with Gasteiger partial charge in [0.05, 0.1) is 12.9 Å². The molecular formula is C19H25NO3S. The molecule has 130 valence electrons. The van der Waals surface area contributed by atoms with Crippen molar-refractivity contribution in [3.05, 3.63) is 64.7 Å². The summed E-state index contributed by atoms with van der Waals surface area (Å²) in [6.45, 7) is 5.88. The Bertz CT molecular complexity index is 800. The van der Waals surface area contributed by atoms with E-state index >= 15 is 0 Å². The third kappa shape index (κ3) is 4.82. The van der Waals surface area contributed by atoms with Crippen molar-refractivity contribution in [3.8, 4) is 5.75 Å². The molecule has 0 aliphatic rings. The number of aryl methyl sites for hydroxylation is 2. The first-order valence-corrected chi connectivity index (χ1v) is 9.70. The summed E-state index contributed by atoms with van der Waals surface area (Å²) in [7, 11) is -1.79. The number of methoxy groups -OCH3 is 1. The minimum atomic E-state index is -3.42. The van der Waals surface area contributed by atoms with Crippen LogP contribution in [0.15, 0.2) is 42.5 Å². The smallest absolute Gasteiger partial charge is 0.216 e. The van der Waals surface area contributed by atoms with Crippen molar-refractivity contribution in [1.82, 2.24) is 4.72 Å². The standard InChI is InChI=1S/C19H25NO3S/c1-5-18(17-9-10-19(23-4)15(3)12-17)20-24(21,22)13-16-8-6-7-14(2)11-16/h6-12,18,20H,5,13H2,1-4H3. The number of sulfonamides is 1. The van der Waals surface area contributed by atoms with E-state index in [0.717, 1.165) is 28.0 Å². The van der Waals surface area contributed by atoms with E-state index in [9.17, 15) is 8.42 Å². The predicted molar refractivity (Wildman–Crippen MR) is 97.7 cm³/mol. The van der Waals surface area contributed by atoms with Crippen molar-refractivity contribution in [2.75, 3.05) is 7.11 Å². The van der Waals surface area contributed by atoms with Gasteiger partial charge in [-0.05, 0) is 43.0 Å². The highest BCUT2D eigenvalue weighted by Crippen LogP contribution is 2.25. The zero-order valence-electron chi connectivity index (χ0n) is 14.7. The molecule has 0 aromatic heterocycles. The Morgan fingerprint density at radius 3 is 2.46 bits per heavy atom. The number of ether oxygens (including phenoxy) is 1. The second-order valence-electron chi connectivity index (χ2n) is 6.06. The van der Waals surface area contributed by atoms with Crippen LogP contribution in [0.2, 0.25) is 0 Å². The lowest BCUT2D eigenvalue weighted by atomic mass is 10.0. The van der Waals surface area contributed by atoms with Crippen LogP contribution in [0, 0.1) is 13.8 Å². The van der Waals surface area contributed by atoms with Gasteiger partial charge in [-0.15, -0.1) is 0 Å². The van der Waals surface area contributed by atoms with Crippen LogP contribution in [0.4, 0.5) is 0 Å². The van der Waals surface area contributed by atoms with Gasteiger partial charge in [-0.1, -0.05) is 48.9 Å². The molecule has 0 heterocycles. The molecule has 0 amide bonds. The van der Waals surface area contributed by atoms with Gasteiger partial charge in [0.2, 0.25) is 10.0 Å². The normalized spacial score (nSPS) is 12.8. The Morgan fingerprint density at radius 1 is 1.12 bits per heavy atom. The summed E-state index contributed by atoms with van der Waals surface area (Å²) < 4.78 is 33.1. The maximum absolute atomic E-state index is 12.5. The fraction of sp³-hybridized carbons (Fsp3) is 0.368. The van der Waals surface area contributed by atoms with E-state index < -0.39 is 10.0 Å². The number of rotatable bonds is 7. The number of hydrogen-bond acceptors (Lipinski definition) is 3. The van der Waals surface area contributed by atoms with Gasteiger partial charge in [0.1, 0.15) is 5.75 Å². The van der Waals surface area contributed by atoms with Crippen LogP contribution in [0.3, 0.4) is 0 Å². The highest BCUT2D eigenvalue weighted by molar-refractivity contribution is 7.88. The van der Waals surface area contributed by atoms with Crippen molar-refractivity contribution in [2.45, 2.75) is 39.0 Å². The minimum absolute atomic E-state index is 0.0136. The molecule has 2 aromatic rings. The molecule has 0 aliphatic heterocycles. The lowest BCUT2D eigenvalue weighted by molar-refractivity contribution is 0.411. The quantitative estimate of drug-likeness (QED) is 0.827. The van der Waals surface area contributed by atoms with Crippen molar-refractivity contribution in [2.24, 2.45) is 0 Å². The van der Waals surface area contributed by atoms with E-state index in [-0.39, 0.29) is 11.8 Å². The summed E-state index contributed by atoms with van der Waals surface area (Å²) in [5.41, 5.74) is 3.79. The Labute approximate surface area is 144 Å². The van der Waals surface area contributed by atoms with Crippen molar-refractivity contribution in [1.29, 1.82) is 0 Å². The van der Waals surface area contributed by atoms with Crippen LogP contribution < -0.4 is 9.46 Å². The summed E-state index contributed by atoms with van der Waals surface area (Å²) in [4.78, 5) is 0. The summed E-state index contributed by atoms with van der Waals surface area (Å²) in [6.07, 6.45) is 0.679. The van der Waals surface area contributed by atoms with E-state index in [1.807, 2.05) is 63.2 Å². The van der Waals surface area contributed by atoms with E-state index in [0.29, 0.717) is 6.42 Å². The second kappa shape index (κ2) is 7.81. The third-order valence-electron chi connectivity index (χ3n) is 3.99. The minimum Gasteiger partial charge on any atom is -0.496 e. The highest BCUT2D eigenvalue weighted by Gasteiger charge is 2.19. The molecule has 0 radical (unpaired) electrons. The first-order valence-electron chi connectivity index (χ1n) is 8.04. The number of hydrogen-bond donors (Lipinski definition) is 1. The SMILES string of the molecule is CCC(NS(=O)(=O)Cc1cccc(C)c1)c1ccc(OC)c(C)c1. The fourth-order valence-electron chi connectivity index (χ4n) is 2.79. The van der Waals surface area contributed by atoms with Crippen LogP contribution in [0.25, 0.3) is 0 Å². The van der Waals surface area contributed by atoms with Crippen LogP contribution in [-0.4, -0.2) is 15.5 Å². The van der Waals surface area contributed by atoms with Gasteiger partial charge >= 0.3 is 0 Å². The lowest BCUT2D eigenvalue weighted by Gasteiger charge is -2.19. The molecule has 1 N–H and O–H groups in total. The number of nitrogens with one attached hydrogen (secondary N) is 1. The molecule has 1 unspecified atom stereocenters. The Balaban J connectivity index is 2.18. The molecule has 2 aromatic carbocycles. The third-order valence-corrected chi connectivity index (χ3v) is 5.35. The van der Waals surface area contributed by atoms with Gasteiger partial charge in [-0.3, -0.25) is 0 Å². The first kappa shape index (κ1) is 18.5. The highest BCUT2D eigenvalue weighted by atomic mass is 32.2. The van der Waals surface area contributed by atoms with Gasteiger partial charge in [0, 0.05) is 6.04 Å². The van der Waals surface area contributed by atoms with Crippen LogP contribution in [0.5, 0.6) is 5.75 Å². The largest absolute Gasteiger partial charge is 0.496 e. The van der Waals surface area contributed by atoms with Gasteiger partial charge < -0.3 is 4.74 Å². The molecule has 0 bridgehead atoms. The average Bonchev–Trinajstić information content (AvgIpc) is 2.52. The van der Waals surface area contributed by atoms with Gasteiger partial charge in [-0.25, -0.2) is 13.1 Å². The molecule has 0 saturated carbocycles. The Kier molecular flexibility index (Phi) is 6.02. The topological polar surface area (TPSA) is 55.4 Å². The molecule has 4 nitrogen and oxygen atoms in total. The maximum Gasteiger partial charge on any atom is 0.216 e. The lowest BCUT2D eigenvalue weighted by Crippen LogP contribution is -2.29. The second-order valence-corrected chi connectivity index (χ2v) is 7.81. The van der Waals surface area contributed by atoms with E-state index in [2.05, 4.69) is 4.72 Å². The molecule has 0 spiro atoms. The zero-order valence-corrected chi connectivity index (χ0v) is 15.5. The average molecular weight is 347 g/mol. The summed E-state index contributed by atoms with van der Waals surface area (Å²) in [6, 6.07) is 13.1. The molecular weight excluding hydrogens is 322 g/mol. The van der Waals surface area contributed by atoms with Crippen LogP contribution in [0.1, 0.15) is 41.6 Å². The molecule has 0 saturated heterocycles. The van der Waals surface area contributed by atoms with Crippen LogP contribution in [-0.2, 0) is 15.8 Å². The first-order chi connectivity index (χ1) is 11.3. The van der Waals surface area contributed by atoms with E-state index in [4.69, 9.17) is 4.74 Å². The van der Waals surface area contributed by atoms with Gasteiger partial charge in [-0.2, -0.15) is 0 Å². The molecule has 1 atom stereocenters. The Hall–Kier alpha value is -1.85. The summed E-state index contributed by atoms with van der Waals surface area (Å²) in [5, 5.41) is 0. The Morgan fingerprint density at radius 2 is 1.88 bits per heavy atom. The molecule has 2 rings (SSSR count). The number of benzene rings is 2. The molecule has 5 heteroatoms. The van der Waals surface area contributed by atoms with Crippen molar-refractivity contribution in [3.63, 3.8) is 0 Å². The van der Waals surface area contributed by atoms with Gasteiger partial charge in [0.25, 0.3) is 0 Å².